The quantitative estimate of drug-likeness (QED) is 0.650. The van der Waals surface area contributed by atoms with Gasteiger partial charge in [-0.15, -0.1) is 0 Å². The summed E-state index contributed by atoms with van der Waals surface area (Å²) in [6, 6.07) is 0. The van der Waals surface area contributed by atoms with Crippen LogP contribution in [-0.4, -0.2) is 41.5 Å². The zero-order valence-electron chi connectivity index (χ0n) is 8.11. The molecule has 3 N–H and O–H groups in total. The molecule has 5 heteroatoms. The Labute approximate surface area is 82.9 Å². The standard InChI is InChI=1S/C9H16N2O3/c10-3-1-8(12)11-4-2-7(6-11)5-9(13)14/h7H,1-6,10H2,(H,13,14). The lowest BCUT2D eigenvalue weighted by molar-refractivity contribution is -0.138. The first kappa shape index (κ1) is 11.0. The number of hydrogen-bond donors (Lipinski definition) is 2. The summed E-state index contributed by atoms with van der Waals surface area (Å²) < 4.78 is 0. The summed E-state index contributed by atoms with van der Waals surface area (Å²) in [6.07, 6.45) is 1.31. The molecule has 1 saturated heterocycles. The summed E-state index contributed by atoms with van der Waals surface area (Å²) in [5.74, 6) is -0.627. The fraction of sp³-hybridized carbons (Fsp3) is 0.778. The molecule has 80 valence electrons. The van der Waals surface area contributed by atoms with Gasteiger partial charge in [0.15, 0.2) is 0 Å². The van der Waals surface area contributed by atoms with E-state index in [2.05, 4.69) is 0 Å². The minimum atomic E-state index is -0.789. The van der Waals surface area contributed by atoms with Gasteiger partial charge in [0, 0.05) is 32.5 Å². The SMILES string of the molecule is NCCC(=O)N1CCC(CC(=O)O)C1. The number of aliphatic carboxylic acids is 1. The van der Waals surface area contributed by atoms with Gasteiger partial charge in [-0.3, -0.25) is 9.59 Å². The Bertz CT molecular complexity index is 230. The van der Waals surface area contributed by atoms with Gasteiger partial charge in [-0.05, 0) is 12.3 Å². The van der Waals surface area contributed by atoms with Crippen LogP contribution in [0.5, 0.6) is 0 Å². The molecule has 0 bridgehead atoms. The maximum atomic E-state index is 11.4. The summed E-state index contributed by atoms with van der Waals surface area (Å²) in [5.41, 5.74) is 5.27. The molecule has 1 aliphatic heterocycles. The van der Waals surface area contributed by atoms with E-state index in [0.717, 1.165) is 6.42 Å². The van der Waals surface area contributed by atoms with Crippen LogP contribution in [0.2, 0.25) is 0 Å². The molecule has 14 heavy (non-hydrogen) atoms. The highest BCUT2D eigenvalue weighted by molar-refractivity contribution is 5.76. The molecule has 1 amide bonds. The molecule has 1 aliphatic rings. The van der Waals surface area contributed by atoms with E-state index < -0.39 is 5.97 Å². The third kappa shape index (κ3) is 2.99. The maximum Gasteiger partial charge on any atom is 0.303 e. The van der Waals surface area contributed by atoms with E-state index in [0.29, 0.717) is 26.1 Å². The van der Waals surface area contributed by atoms with E-state index in [1.165, 1.54) is 0 Å². The van der Waals surface area contributed by atoms with Crippen molar-refractivity contribution in [1.82, 2.24) is 4.90 Å². The van der Waals surface area contributed by atoms with E-state index in [1.807, 2.05) is 0 Å². The molecular weight excluding hydrogens is 184 g/mol. The van der Waals surface area contributed by atoms with E-state index >= 15 is 0 Å². The Hall–Kier alpha value is -1.10. The molecule has 1 fully saturated rings. The Morgan fingerprint density at radius 2 is 2.21 bits per heavy atom. The molecule has 1 heterocycles. The van der Waals surface area contributed by atoms with Gasteiger partial charge in [-0.1, -0.05) is 0 Å². The minimum Gasteiger partial charge on any atom is -0.481 e. The van der Waals surface area contributed by atoms with Crippen LogP contribution in [0.3, 0.4) is 0 Å². The molecule has 0 aliphatic carbocycles. The Kier molecular flexibility index (Phi) is 3.88. The highest BCUT2D eigenvalue weighted by Crippen LogP contribution is 2.19. The number of carbonyl (C=O) groups is 2. The summed E-state index contributed by atoms with van der Waals surface area (Å²) in [5, 5.41) is 8.58. The predicted octanol–water partition coefficient (Wildman–Crippen LogP) is -0.342. The number of carboxylic acid groups (broad SMARTS) is 1. The smallest absolute Gasteiger partial charge is 0.303 e. The van der Waals surface area contributed by atoms with Crippen LogP contribution in [0.4, 0.5) is 0 Å². The van der Waals surface area contributed by atoms with Gasteiger partial charge in [-0.25, -0.2) is 0 Å². The summed E-state index contributed by atoms with van der Waals surface area (Å²) in [4.78, 5) is 23.5. The number of carbonyl (C=O) groups excluding carboxylic acids is 1. The lowest BCUT2D eigenvalue weighted by atomic mass is 10.1. The van der Waals surface area contributed by atoms with Gasteiger partial charge in [0.25, 0.3) is 0 Å². The zero-order valence-corrected chi connectivity index (χ0v) is 8.11. The van der Waals surface area contributed by atoms with Crippen molar-refractivity contribution in [3.8, 4) is 0 Å². The van der Waals surface area contributed by atoms with Gasteiger partial charge in [0.2, 0.25) is 5.91 Å². The van der Waals surface area contributed by atoms with Gasteiger partial charge >= 0.3 is 5.97 Å². The number of rotatable bonds is 4. The van der Waals surface area contributed by atoms with Crippen LogP contribution in [-0.2, 0) is 9.59 Å². The molecule has 0 aromatic rings. The topological polar surface area (TPSA) is 83.6 Å². The van der Waals surface area contributed by atoms with E-state index in [1.54, 1.807) is 4.90 Å². The third-order valence-electron chi connectivity index (χ3n) is 2.46. The largest absolute Gasteiger partial charge is 0.481 e. The van der Waals surface area contributed by atoms with Crippen molar-refractivity contribution in [3.63, 3.8) is 0 Å². The zero-order chi connectivity index (χ0) is 10.6. The molecule has 1 unspecified atom stereocenters. The van der Waals surface area contributed by atoms with E-state index in [-0.39, 0.29) is 18.2 Å². The van der Waals surface area contributed by atoms with E-state index in [4.69, 9.17) is 10.8 Å². The average Bonchev–Trinajstić information content (AvgIpc) is 2.52. The number of nitrogens with two attached hydrogens (primary N) is 1. The number of likely N-dealkylation sites (tertiary alicyclic amines) is 1. The highest BCUT2D eigenvalue weighted by Gasteiger charge is 2.26. The molecule has 0 radical (unpaired) electrons. The normalized spacial score (nSPS) is 21.2. The monoisotopic (exact) mass is 200 g/mol. The average molecular weight is 200 g/mol. The minimum absolute atomic E-state index is 0.0420. The second kappa shape index (κ2) is 4.95. The highest BCUT2D eigenvalue weighted by atomic mass is 16.4. The maximum absolute atomic E-state index is 11.4. The fourth-order valence-corrected chi connectivity index (χ4v) is 1.75. The Balaban J connectivity index is 2.33. The second-order valence-electron chi connectivity index (χ2n) is 3.63. The fourth-order valence-electron chi connectivity index (χ4n) is 1.75. The van der Waals surface area contributed by atoms with Crippen LogP contribution in [0.1, 0.15) is 19.3 Å². The van der Waals surface area contributed by atoms with Crippen LogP contribution in [0, 0.1) is 5.92 Å². The molecule has 1 rings (SSSR count). The number of nitrogens with zero attached hydrogens (tertiary/aromatic N) is 1. The molecule has 0 aromatic heterocycles. The number of amides is 1. The second-order valence-corrected chi connectivity index (χ2v) is 3.63. The first-order valence-electron chi connectivity index (χ1n) is 4.83. The molecular formula is C9H16N2O3. The lowest BCUT2D eigenvalue weighted by Gasteiger charge is -2.15. The first-order chi connectivity index (χ1) is 6.63. The van der Waals surface area contributed by atoms with Crippen molar-refractivity contribution >= 4 is 11.9 Å². The first-order valence-corrected chi connectivity index (χ1v) is 4.83. The Morgan fingerprint density at radius 1 is 1.50 bits per heavy atom. The lowest BCUT2D eigenvalue weighted by Crippen LogP contribution is -2.30. The van der Waals surface area contributed by atoms with Gasteiger partial charge in [0.1, 0.15) is 0 Å². The van der Waals surface area contributed by atoms with Gasteiger partial charge in [0.05, 0.1) is 0 Å². The molecule has 5 nitrogen and oxygen atoms in total. The van der Waals surface area contributed by atoms with Gasteiger partial charge < -0.3 is 15.7 Å². The van der Waals surface area contributed by atoms with Crippen LogP contribution in [0.25, 0.3) is 0 Å². The predicted molar refractivity (Wildman–Crippen MR) is 50.6 cm³/mol. The third-order valence-corrected chi connectivity index (χ3v) is 2.46. The van der Waals surface area contributed by atoms with Crippen molar-refractivity contribution in [3.05, 3.63) is 0 Å². The van der Waals surface area contributed by atoms with Crippen LogP contribution >= 0.6 is 0 Å². The van der Waals surface area contributed by atoms with Crippen LogP contribution in [0.15, 0.2) is 0 Å². The van der Waals surface area contributed by atoms with E-state index in [9.17, 15) is 9.59 Å². The summed E-state index contributed by atoms with van der Waals surface area (Å²) >= 11 is 0. The van der Waals surface area contributed by atoms with Gasteiger partial charge in [-0.2, -0.15) is 0 Å². The van der Waals surface area contributed by atoms with Crippen LogP contribution < -0.4 is 5.73 Å². The number of hydrogen-bond acceptors (Lipinski definition) is 3. The summed E-state index contributed by atoms with van der Waals surface area (Å²) in [7, 11) is 0. The van der Waals surface area contributed by atoms with Crippen molar-refractivity contribution in [2.24, 2.45) is 11.7 Å². The summed E-state index contributed by atoms with van der Waals surface area (Å²) in [6.45, 7) is 1.61. The molecule has 0 aromatic carbocycles. The van der Waals surface area contributed by atoms with Crippen molar-refractivity contribution in [2.75, 3.05) is 19.6 Å². The Morgan fingerprint density at radius 3 is 2.79 bits per heavy atom. The van der Waals surface area contributed by atoms with Crippen molar-refractivity contribution in [1.29, 1.82) is 0 Å². The molecule has 0 saturated carbocycles. The number of carboxylic acids is 1. The van der Waals surface area contributed by atoms with Crippen molar-refractivity contribution < 1.29 is 14.7 Å². The molecule has 0 spiro atoms. The van der Waals surface area contributed by atoms with Crippen molar-refractivity contribution in [2.45, 2.75) is 19.3 Å². The molecule has 1 atom stereocenters.